The van der Waals surface area contributed by atoms with E-state index < -0.39 is 8.32 Å². The van der Waals surface area contributed by atoms with Gasteiger partial charge in [-0.3, -0.25) is 4.79 Å². The van der Waals surface area contributed by atoms with Crippen LogP contribution in [0.15, 0.2) is 11.8 Å². The van der Waals surface area contributed by atoms with E-state index in [4.69, 9.17) is 9.16 Å². The molecule has 0 amide bonds. The van der Waals surface area contributed by atoms with Crippen LogP contribution in [0.2, 0.25) is 19.6 Å². The number of allylic oxidation sites excluding steroid dienone is 2. The number of rotatable bonds is 6. The van der Waals surface area contributed by atoms with Gasteiger partial charge in [-0.15, -0.1) is 0 Å². The molecule has 0 heterocycles. The molecule has 5 heteroatoms. The van der Waals surface area contributed by atoms with Gasteiger partial charge in [-0.1, -0.05) is 20.8 Å². The summed E-state index contributed by atoms with van der Waals surface area (Å²) in [6.45, 7) is 14.4. The van der Waals surface area contributed by atoms with E-state index in [9.17, 15) is 9.90 Å². The van der Waals surface area contributed by atoms with Crippen LogP contribution in [0.4, 0.5) is 0 Å². The number of carbonyl (C=O) groups is 1. The Balaban J connectivity index is 1.64. The van der Waals surface area contributed by atoms with Gasteiger partial charge in [0.05, 0.1) is 19.0 Å². The molecule has 0 aromatic rings. The van der Waals surface area contributed by atoms with Crippen molar-refractivity contribution in [2.45, 2.75) is 104 Å². The predicted octanol–water partition coefficient (Wildman–Crippen LogP) is 6.55. The summed E-state index contributed by atoms with van der Waals surface area (Å²) in [6, 6.07) is 0. The fourth-order valence-electron chi connectivity index (χ4n) is 8.73. The van der Waals surface area contributed by atoms with Gasteiger partial charge in [-0.2, -0.15) is 0 Å². The fourth-order valence-corrected chi connectivity index (χ4v) is 9.64. The van der Waals surface area contributed by atoms with E-state index in [1.54, 1.807) is 0 Å². The van der Waals surface area contributed by atoms with E-state index in [2.05, 4.69) is 46.5 Å². The maximum absolute atomic E-state index is 11.8. The highest BCUT2D eigenvalue weighted by atomic mass is 28.4. The first-order chi connectivity index (χ1) is 15.4. The van der Waals surface area contributed by atoms with Crippen molar-refractivity contribution in [1.29, 1.82) is 0 Å². The molecule has 9 atom stereocenters. The third kappa shape index (κ3) is 4.58. The molecule has 1 unspecified atom stereocenters. The van der Waals surface area contributed by atoms with Crippen LogP contribution < -0.4 is 0 Å². The second-order valence-corrected chi connectivity index (χ2v) is 17.8. The molecule has 1 N–H and O–H groups in total. The molecule has 0 aromatic heterocycles. The topological polar surface area (TPSA) is 55.8 Å². The molecule has 4 nitrogen and oxygen atoms in total. The lowest BCUT2D eigenvalue weighted by molar-refractivity contribution is -0.141. The van der Waals surface area contributed by atoms with Crippen LogP contribution >= 0.6 is 0 Å². The van der Waals surface area contributed by atoms with Crippen molar-refractivity contribution in [1.82, 2.24) is 0 Å². The molecule has 4 rings (SSSR count). The number of hydrogen-bond donors (Lipinski definition) is 1. The molecule has 0 radical (unpaired) electrons. The van der Waals surface area contributed by atoms with Crippen LogP contribution in [0.3, 0.4) is 0 Å². The third-order valence-corrected chi connectivity index (χ3v) is 11.3. The summed E-state index contributed by atoms with van der Waals surface area (Å²) in [5, 5.41) is 10.5. The van der Waals surface area contributed by atoms with E-state index in [1.165, 1.54) is 38.6 Å². The van der Waals surface area contributed by atoms with Crippen molar-refractivity contribution < 1.29 is 19.1 Å². The first-order valence-corrected chi connectivity index (χ1v) is 17.0. The van der Waals surface area contributed by atoms with Gasteiger partial charge in [0.25, 0.3) is 0 Å². The van der Waals surface area contributed by atoms with Crippen molar-refractivity contribution in [3.05, 3.63) is 11.8 Å². The van der Waals surface area contributed by atoms with Crippen LogP contribution in [0, 0.1) is 46.3 Å². The molecular formula is C28H48O4Si. The zero-order valence-corrected chi connectivity index (χ0v) is 23.2. The van der Waals surface area contributed by atoms with Crippen LogP contribution in [-0.2, 0) is 14.0 Å². The molecule has 4 aliphatic rings. The van der Waals surface area contributed by atoms with Crippen LogP contribution in [0.25, 0.3) is 0 Å². The normalized spacial score (nSPS) is 43.6. The van der Waals surface area contributed by atoms with E-state index in [-0.39, 0.29) is 17.5 Å². The third-order valence-electron chi connectivity index (χ3n) is 10.4. The quantitative estimate of drug-likeness (QED) is 0.349. The monoisotopic (exact) mass is 476 g/mol. The number of carbonyl (C=O) groups excluding carboxylic acids is 1. The summed E-state index contributed by atoms with van der Waals surface area (Å²) in [6.07, 6.45) is 11.9. The lowest BCUT2D eigenvalue weighted by atomic mass is 9.46. The molecule has 0 bridgehead atoms. The number of ether oxygens (including phenoxy) is 1. The van der Waals surface area contributed by atoms with E-state index in [0.717, 1.165) is 25.7 Å². The number of esters is 1. The predicted molar refractivity (Wildman–Crippen MR) is 135 cm³/mol. The Morgan fingerprint density at radius 3 is 2.45 bits per heavy atom. The molecule has 3 saturated carbocycles. The maximum atomic E-state index is 11.8. The number of aliphatic hydroxyl groups excluding tert-OH is 1. The van der Waals surface area contributed by atoms with Crippen molar-refractivity contribution in [3.63, 3.8) is 0 Å². The first kappa shape index (κ1) is 25.3. The maximum Gasteiger partial charge on any atom is 0.305 e. The molecular weight excluding hydrogens is 428 g/mol. The van der Waals surface area contributed by atoms with E-state index >= 15 is 0 Å². The summed E-state index contributed by atoms with van der Waals surface area (Å²) in [7, 11) is -0.243. The first-order valence-electron chi connectivity index (χ1n) is 13.5. The Hall–Kier alpha value is -0.813. The minimum absolute atomic E-state index is 0.0789. The van der Waals surface area contributed by atoms with Crippen molar-refractivity contribution in [2.75, 3.05) is 7.11 Å². The van der Waals surface area contributed by atoms with Gasteiger partial charge in [0.1, 0.15) is 0 Å². The van der Waals surface area contributed by atoms with Gasteiger partial charge in [-0.25, -0.2) is 0 Å². The van der Waals surface area contributed by atoms with Crippen molar-refractivity contribution >= 4 is 14.3 Å². The molecule has 0 spiro atoms. The number of aliphatic hydroxyl groups is 1. The van der Waals surface area contributed by atoms with Gasteiger partial charge in [0.15, 0.2) is 0 Å². The summed E-state index contributed by atoms with van der Waals surface area (Å²) < 4.78 is 11.8. The smallest absolute Gasteiger partial charge is 0.305 e. The standard InChI is InChI=1S/C28H48O4Si/c1-18(8-11-25(30)31-4)21-9-10-22-26-23(13-15-28(21,22)3)27(2)14-12-20(29)16-19(27)17-24(26)32-33(5,6)7/h17-23,26,29H,8-16H2,1-7H3/t18?,19-,20+,21+,22-,23-,26-,27-,28+/m0/s1. The summed E-state index contributed by atoms with van der Waals surface area (Å²) >= 11 is 0. The Morgan fingerprint density at radius 1 is 1.12 bits per heavy atom. The Morgan fingerprint density at radius 2 is 1.79 bits per heavy atom. The second kappa shape index (κ2) is 9.00. The Bertz CT molecular complexity index is 772. The fraction of sp³-hybridized carbons (Fsp3) is 0.893. The largest absolute Gasteiger partial charge is 0.547 e. The molecule has 3 fully saturated rings. The van der Waals surface area contributed by atoms with Crippen LogP contribution in [-0.4, -0.2) is 32.6 Å². The number of hydrogen-bond acceptors (Lipinski definition) is 4. The highest BCUT2D eigenvalue weighted by Gasteiger charge is 2.62. The molecule has 4 aliphatic carbocycles. The highest BCUT2D eigenvalue weighted by Crippen LogP contribution is 2.68. The lowest BCUT2D eigenvalue weighted by Gasteiger charge is -2.60. The molecule has 0 aliphatic heterocycles. The number of fused-ring (bicyclic) bond motifs is 5. The summed E-state index contributed by atoms with van der Waals surface area (Å²) in [5.74, 6) is 4.69. The van der Waals surface area contributed by atoms with Crippen LogP contribution in [0.5, 0.6) is 0 Å². The van der Waals surface area contributed by atoms with Gasteiger partial charge < -0.3 is 14.3 Å². The SMILES string of the molecule is COC(=O)CCC(C)[C@H]1CC[C@H]2[C@@H]3C(O[Si](C)(C)C)=C[C@@H]4C[C@H](O)CC[C@]4(C)[C@H]3CC[C@]12C. The minimum atomic E-state index is -1.74. The van der Waals surface area contributed by atoms with Crippen molar-refractivity contribution in [2.24, 2.45) is 46.3 Å². The Kier molecular flexibility index (Phi) is 6.90. The molecule has 0 saturated heterocycles. The molecule has 188 valence electrons. The second-order valence-electron chi connectivity index (χ2n) is 13.4. The molecule has 33 heavy (non-hydrogen) atoms. The summed E-state index contributed by atoms with van der Waals surface area (Å²) in [5.41, 5.74) is 0.599. The van der Waals surface area contributed by atoms with E-state index in [0.29, 0.717) is 47.3 Å². The highest BCUT2D eigenvalue weighted by molar-refractivity contribution is 6.70. The zero-order chi connectivity index (χ0) is 24.2. The van der Waals surface area contributed by atoms with Gasteiger partial charge >= 0.3 is 5.97 Å². The average molecular weight is 477 g/mol. The van der Waals surface area contributed by atoms with Gasteiger partial charge in [0.2, 0.25) is 8.32 Å². The summed E-state index contributed by atoms with van der Waals surface area (Å²) in [4.78, 5) is 11.8. The average Bonchev–Trinajstić information content (AvgIpc) is 3.09. The zero-order valence-electron chi connectivity index (χ0n) is 22.2. The Labute approximate surface area is 203 Å². The van der Waals surface area contributed by atoms with Gasteiger partial charge in [0, 0.05) is 12.3 Å². The minimum Gasteiger partial charge on any atom is -0.547 e. The van der Waals surface area contributed by atoms with Crippen LogP contribution in [0.1, 0.15) is 78.6 Å². The van der Waals surface area contributed by atoms with Gasteiger partial charge in [-0.05, 0) is 118 Å². The van der Waals surface area contributed by atoms with E-state index in [1.807, 2.05) is 0 Å². The molecule has 0 aromatic carbocycles. The lowest BCUT2D eigenvalue weighted by Crippen LogP contribution is -2.54. The van der Waals surface area contributed by atoms with Crippen molar-refractivity contribution in [3.8, 4) is 0 Å². The number of methoxy groups -OCH3 is 1.